The molecule has 0 aliphatic carbocycles. The largest absolute Gasteiger partial charge is 0.103 e. The highest BCUT2D eigenvalue weighted by molar-refractivity contribution is 8.25. The Kier molecular flexibility index (Phi) is 2.49. The van der Waals surface area contributed by atoms with E-state index < -0.39 is 0 Å². The Morgan fingerprint density at radius 1 is 1.89 bits per heavy atom. The van der Waals surface area contributed by atoms with Gasteiger partial charge < -0.3 is 0 Å². The highest BCUT2D eigenvalue weighted by Gasteiger charge is 2.13. The van der Waals surface area contributed by atoms with Crippen molar-refractivity contribution in [2.24, 2.45) is 5.92 Å². The number of rotatable bonds is 2. The molecule has 0 aromatic carbocycles. The predicted octanol–water partition coefficient (Wildman–Crippen LogP) is 2.77. The molecule has 1 rings (SSSR count). The highest BCUT2D eigenvalue weighted by atomic mass is 32.2. The van der Waals surface area contributed by atoms with Crippen molar-refractivity contribution >= 4 is 28.2 Å². The second-order valence-corrected chi connectivity index (χ2v) is 3.54. The van der Waals surface area contributed by atoms with Crippen LogP contribution in [0.2, 0.25) is 0 Å². The van der Waals surface area contributed by atoms with Gasteiger partial charge in [0.25, 0.3) is 0 Å². The van der Waals surface area contributed by atoms with Crippen LogP contribution in [0.1, 0.15) is 6.42 Å². The molecule has 48 valence electrons. The molecule has 0 aromatic heterocycles. The number of hydrogen-bond acceptors (Lipinski definition) is 2. The van der Waals surface area contributed by atoms with Gasteiger partial charge in [-0.3, -0.25) is 0 Å². The SMILES string of the molecule is C=CCC1C=CSC1=S. The van der Waals surface area contributed by atoms with Crippen LogP contribution in [0.4, 0.5) is 0 Å². The van der Waals surface area contributed by atoms with Gasteiger partial charge in [-0.05, 0) is 11.8 Å². The Morgan fingerprint density at radius 2 is 2.67 bits per heavy atom. The predicted molar refractivity (Wildman–Crippen MR) is 47.6 cm³/mol. The van der Waals surface area contributed by atoms with Crippen LogP contribution in [0.15, 0.2) is 24.1 Å². The average Bonchev–Trinajstić information content (AvgIpc) is 2.18. The van der Waals surface area contributed by atoms with E-state index in [2.05, 4.69) is 18.1 Å². The number of thiocarbonyl (C=S) groups is 1. The molecule has 1 aliphatic heterocycles. The van der Waals surface area contributed by atoms with E-state index >= 15 is 0 Å². The first-order valence-electron chi connectivity index (χ1n) is 2.82. The number of thioether (sulfide) groups is 1. The molecule has 2 heteroatoms. The zero-order valence-corrected chi connectivity index (χ0v) is 6.67. The summed E-state index contributed by atoms with van der Waals surface area (Å²) in [4.78, 5) is 0. The van der Waals surface area contributed by atoms with Crippen molar-refractivity contribution < 1.29 is 0 Å². The zero-order valence-electron chi connectivity index (χ0n) is 5.04. The summed E-state index contributed by atoms with van der Waals surface area (Å²) in [6, 6.07) is 0. The molecule has 1 atom stereocenters. The maximum atomic E-state index is 5.06. The first-order valence-corrected chi connectivity index (χ1v) is 4.11. The van der Waals surface area contributed by atoms with E-state index in [0.717, 1.165) is 10.6 Å². The summed E-state index contributed by atoms with van der Waals surface area (Å²) < 4.78 is 1.08. The molecule has 0 saturated heterocycles. The molecule has 0 N–H and O–H groups in total. The van der Waals surface area contributed by atoms with Gasteiger partial charge in [-0.25, -0.2) is 0 Å². The lowest BCUT2D eigenvalue weighted by Gasteiger charge is -2.00. The van der Waals surface area contributed by atoms with Crippen molar-refractivity contribution in [3.63, 3.8) is 0 Å². The van der Waals surface area contributed by atoms with E-state index in [1.165, 1.54) is 0 Å². The summed E-state index contributed by atoms with van der Waals surface area (Å²) in [5.41, 5.74) is 0. The van der Waals surface area contributed by atoms with Gasteiger partial charge in [0.05, 0.1) is 4.20 Å². The van der Waals surface area contributed by atoms with Gasteiger partial charge >= 0.3 is 0 Å². The molecule has 0 radical (unpaired) electrons. The smallest absolute Gasteiger partial charge is 0.0592 e. The molecular weight excluding hydrogens is 148 g/mol. The summed E-state index contributed by atoms with van der Waals surface area (Å²) in [7, 11) is 0. The van der Waals surface area contributed by atoms with Crippen molar-refractivity contribution in [1.82, 2.24) is 0 Å². The minimum Gasteiger partial charge on any atom is -0.103 e. The Labute approximate surface area is 65.0 Å². The third-order valence-corrected chi connectivity index (χ3v) is 2.64. The topological polar surface area (TPSA) is 0 Å². The molecular formula is C7H8S2. The van der Waals surface area contributed by atoms with E-state index in [1.807, 2.05) is 6.08 Å². The van der Waals surface area contributed by atoms with Gasteiger partial charge in [0.15, 0.2) is 0 Å². The van der Waals surface area contributed by atoms with Crippen LogP contribution in [-0.4, -0.2) is 4.20 Å². The molecule has 0 aromatic rings. The third kappa shape index (κ3) is 1.66. The van der Waals surface area contributed by atoms with Crippen LogP contribution in [0.25, 0.3) is 0 Å². The molecule has 1 unspecified atom stereocenters. The van der Waals surface area contributed by atoms with Crippen molar-refractivity contribution in [2.45, 2.75) is 6.42 Å². The molecule has 0 nitrogen and oxygen atoms in total. The van der Waals surface area contributed by atoms with Crippen LogP contribution < -0.4 is 0 Å². The standard InChI is InChI=1S/C7H8S2/c1-2-3-6-4-5-9-7(6)8/h2,4-6H,1,3H2. The lowest BCUT2D eigenvalue weighted by molar-refractivity contribution is 0.915. The van der Waals surface area contributed by atoms with Crippen LogP contribution >= 0.6 is 24.0 Å². The fourth-order valence-corrected chi connectivity index (χ4v) is 1.81. The van der Waals surface area contributed by atoms with E-state index in [9.17, 15) is 0 Å². The molecule has 1 heterocycles. The lowest BCUT2D eigenvalue weighted by Crippen LogP contribution is -1.98. The van der Waals surface area contributed by atoms with Crippen LogP contribution in [0, 0.1) is 5.92 Å². The fourth-order valence-electron chi connectivity index (χ4n) is 0.721. The van der Waals surface area contributed by atoms with Crippen molar-refractivity contribution in [1.29, 1.82) is 0 Å². The summed E-state index contributed by atoms with van der Waals surface area (Å²) in [5.74, 6) is 0.475. The Balaban J connectivity index is 2.48. The quantitative estimate of drug-likeness (QED) is 0.445. The van der Waals surface area contributed by atoms with Gasteiger partial charge in [0.1, 0.15) is 0 Å². The molecule has 0 fully saturated rings. The Bertz CT molecular complexity index is 158. The van der Waals surface area contributed by atoms with E-state index in [4.69, 9.17) is 12.2 Å². The fraction of sp³-hybridized carbons (Fsp3) is 0.286. The van der Waals surface area contributed by atoms with Crippen LogP contribution in [-0.2, 0) is 0 Å². The maximum Gasteiger partial charge on any atom is 0.0592 e. The highest BCUT2D eigenvalue weighted by Crippen LogP contribution is 2.26. The lowest BCUT2D eigenvalue weighted by atomic mass is 10.1. The van der Waals surface area contributed by atoms with E-state index in [1.54, 1.807) is 11.8 Å². The maximum absolute atomic E-state index is 5.06. The van der Waals surface area contributed by atoms with Crippen molar-refractivity contribution in [2.75, 3.05) is 0 Å². The monoisotopic (exact) mass is 156 g/mol. The normalized spacial score (nSPS) is 24.9. The van der Waals surface area contributed by atoms with Crippen LogP contribution in [0.3, 0.4) is 0 Å². The van der Waals surface area contributed by atoms with Crippen LogP contribution in [0.5, 0.6) is 0 Å². The minimum atomic E-state index is 0.475. The number of allylic oxidation sites excluding steroid dienone is 2. The second kappa shape index (κ2) is 3.18. The van der Waals surface area contributed by atoms with Crippen molar-refractivity contribution in [3.05, 3.63) is 24.1 Å². The molecule has 9 heavy (non-hydrogen) atoms. The average molecular weight is 156 g/mol. The van der Waals surface area contributed by atoms with Gasteiger partial charge in [-0.2, -0.15) is 0 Å². The minimum absolute atomic E-state index is 0.475. The van der Waals surface area contributed by atoms with Gasteiger partial charge in [0.2, 0.25) is 0 Å². The van der Waals surface area contributed by atoms with Crippen molar-refractivity contribution in [3.8, 4) is 0 Å². The van der Waals surface area contributed by atoms with Gasteiger partial charge in [0, 0.05) is 5.92 Å². The van der Waals surface area contributed by atoms with E-state index in [-0.39, 0.29) is 0 Å². The molecule has 0 spiro atoms. The Hall–Kier alpha value is -0.0800. The zero-order chi connectivity index (χ0) is 6.69. The molecule has 0 amide bonds. The Morgan fingerprint density at radius 3 is 3.11 bits per heavy atom. The third-order valence-electron chi connectivity index (χ3n) is 1.22. The van der Waals surface area contributed by atoms with Gasteiger partial charge in [-0.15, -0.1) is 6.58 Å². The number of hydrogen-bond donors (Lipinski definition) is 0. The first-order chi connectivity index (χ1) is 4.34. The molecule has 1 aliphatic rings. The molecule has 0 bridgehead atoms. The summed E-state index contributed by atoms with van der Waals surface area (Å²) in [6.07, 6.45) is 5.03. The summed E-state index contributed by atoms with van der Waals surface area (Å²) in [6.45, 7) is 3.66. The van der Waals surface area contributed by atoms with E-state index in [0.29, 0.717) is 5.92 Å². The van der Waals surface area contributed by atoms with Gasteiger partial charge in [-0.1, -0.05) is 36.1 Å². The first kappa shape index (κ1) is 7.03. The summed E-state index contributed by atoms with van der Waals surface area (Å²) in [5, 5.41) is 2.05. The molecule has 0 saturated carbocycles. The summed E-state index contributed by atoms with van der Waals surface area (Å²) >= 11 is 6.71. The second-order valence-electron chi connectivity index (χ2n) is 1.90.